The third-order valence-electron chi connectivity index (χ3n) is 9.70. The molecule has 0 heterocycles. The van der Waals surface area contributed by atoms with Gasteiger partial charge in [-0.05, 0) is 132 Å². The molecule has 37 heavy (non-hydrogen) atoms. The summed E-state index contributed by atoms with van der Waals surface area (Å²) in [6.45, 7) is 16.2. The van der Waals surface area contributed by atoms with Crippen LogP contribution in [-0.2, 0) is 31.1 Å². The van der Waals surface area contributed by atoms with Gasteiger partial charge in [0.2, 0.25) is 0 Å². The highest BCUT2D eigenvalue weighted by Gasteiger charge is 2.30. The van der Waals surface area contributed by atoms with E-state index >= 15 is 0 Å². The number of fused-ring (bicyclic) bond motifs is 1. The molecule has 5 rings (SSSR count). The highest BCUT2D eigenvalue weighted by molar-refractivity contribution is 5.48. The number of allylic oxidation sites excluding steroid dienone is 5. The summed E-state index contributed by atoms with van der Waals surface area (Å²) in [6.07, 6.45) is 17.2. The first-order valence-corrected chi connectivity index (χ1v) is 15.1. The fourth-order valence-corrected chi connectivity index (χ4v) is 7.31. The maximum atomic E-state index is 4.66. The quantitative estimate of drug-likeness (QED) is 0.337. The molecular formula is C37H48. The van der Waals surface area contributed by atoms with E-state index in [2.05, 4.69) is 89.7 Å². The van der Waals surface area contributed by atoms with Gasteiger partial charge in [-0.1, -0.05) is 95.3 Å². The van der Waals surface area contributed by atoms with Crippen LogP contribution in [0.3, 0.4) is 0 Å². The lowest BCUT2D eigenvalue weighted by molar-refractivity contribution is 0.359. The first-order valence-electron chi connectivity index (χ1n) is 15.1. The van der Waals surface area contributed by atoms with E-state index in [-0.39, 0.29) is 5.41 Å². The van der Waals surface area contributed by atoms with Crippen molar-refractivity contribution in [2.75, 3.05) is 0 Å². The molecular weight excluding hydrogens is 444 g/mol. The Bertz CT molecular complexity index is 1150. The fraction of sp³-hybridized carbons (Fsp3) is 0.514. The van der Waals surface area contributed by atoms with E-state index in [1.54, 1.807) is 39.0 Å². The molecule has 0 amide bonds. The Labute approximate surface area is 227 Å². The molecule has 2 aromatic carbocycles. The highest BCUT2D eigenvalue weighted by Crippen LogP contribution is 2.44. The second kappa shape index (κ2) is 10.8. The molecule has 0 radical (unpaired) electrons. The van der Waals surface area contributed by atoms with Gasteiger partial charge in [-0.15, -0.1) is 0 Å². The second-order valence-electron chi connectivity index (χ2n) is 13.1. The highest BCUT2D eigenvalue weighted by atomic mass is 14.3. The molecule has 2 aromatic rings. The normalized spacial score (nSPS) is 22.1. The summed E-state index contributed by atoms with van der Waals surface area (Å²) in [4.78, 5) is 0. The van der Waals surface area contributed by atoms with Crippen molar-refractivity contribution < 1.29 is 0 Å². The lowest BCUT2D eigenvalue weighted by atomic mass is 9.74. The summed E-state index contributed by atoms with van der Waals surface area (Å²) in [5.74, 6) is 2.07. The number of hydrogen-bond acceptors (Lipinski definition) is 0. The molecule has 1 fully saturated rings. The van der Waals surface area contributed by atoms with Crippen LogP contribution in [-0.4, -0.2) is 0 Å². The van der Waals surface area contributed by atoms with Crippen LogP contribution in [0.5, 0.6) is 0 Å². The lowest BCUT2D eigenvalue weighted by Crippen LogP contribution is -2.16. The molecule has 0 atom stereocenters. The van der Waals surface area contributed by atoms with Crippen molar-refractivity contribution >= 4 is 0 Å². The Morgan fingerprint density at radius 2 is 1.41 bits per heavy atom. The lowest BCUT2D eigenvalue weighted by Gasteiger charge is -2.31. The molecule has 0 aliphatic heterocycles. The maximum Gasteiger partial charge on any atom is -0.00674 e. The molecule has 0 aromatic heterocycles. The van der Waals surface area contributed by atoms with Gasteiger partial charge >= 0.3 is 0 Å². The average molecular weight is 493 g/mol. The SMILES string of the molecule is C=C(CC1=CCC=C1C1Cc2cc(CC)c(CC)cc2C1)C1CCC(c2ccc(C(C)(C)C)cc2)CC1. The Morgan fingerprint density at radius 3 is 1.95 bits per heavy atom. The van der Waals surface area contributed by atoms with Crippen molar-refractivity contribution in [3.8, 4) is 0 Å². The molecule has 0 N–H and O–H groups in total. The summed E-state index contributed by atoms with van der Waals surface area (Å²) in [7, 11) is 0. The molecule has 0 unspecified atom stereocenters. The molecule has 0 heteroatoms. The van der Waals surface area contributed by atoms with Crippen molar-refractivity contribution in [3.05, 3.63) is 105 Å². The molecule has 0 saturated heterocycles. The van der Waals surface area contributed by atoms with E-state index in [1.807, 2.05) is 0 Å². The summed E-state index contributed by atoms with van der Waals surface area (Å²) >= 11 is 0. The first-order chi connectivity index (χ1) is 17.8. The first kappa shape index (κ1) is 26.3. The maximum absolute atomic E-state index is 4.66. The molecule has 0 nitrogen and oxygen atoms in total. The minimum absolute atomic E-state index is 0.230. The Balaban J connectivity index is 1.17. The van der Waals surface area contributed by atoms with Gasteiger partial charge in [0.25, 0.3) is 0 Å². The van der Waals surface area contributed by atoms with Gasteiger partial charge in [0.15, 0.2) is 0 Å². The molecule has 0 spiro atoms. The van der Waals surface area contributed by atoms with Crippen molar-refractivity contribution in [2.24, 2.45) is 11.8 Å². The Morgan fingerprint density at radius 1 is 0.811 bits per heavy atom. The molecule has 196 valence electrons. The van der Waals surface area contributed by atoms with Crippen LogP contribution in [0.1, 0.15) is 112 Å². The zero-order valence-electron chi connectivity index (χ0n) is 24.1. The van der Waals surface area contributed by atoms with Crippen molar-refractivity contribution in [1.82, 2.24) is 0 Å². The smallest absolute Gasteiger partial charge is 0.00674 e. The Kier molecular flexibility index (Phi) is 7.67. The van der Waals surface area contributed by atoms with E-state index < -0.39 is 0 Å². The van der Waals surface area contributed by atoms with E-state index in [0.29, 0.717) is 11.8 Å². The van der Waals surface area contributed by atoms with Crippen LogP contribution in [0.2, 0.25) is 0 Å². The van der Waals surface area contributed by atoms with Crippen LogP contribution in [0.25, 0.3) is 0 Å². The summed E-state index contributed by atoms with van der Waals surface area (Å²) in [6, 6.07) is 14.6. The van der Waals surface area contributed by atoms with E-state index in [1.165, 1.54) is 49.7 Å². The third-order valence-corrected chi connectivity index (χ3v) is 9.70. The van der Waals surface area contributed by atoms with Gasteiger partial charge < -0.3 is 0 Å². The van der Waals surface area contributed by atoms with Crippen molar-refractivity contribution in [1.29, 1.82) is 0 Å². The standard InChI is InChI=1S/C37H48/c1-7-26-21-32-23-34(24-33(32)22-27(26)8-2)36-11-9-10-31(36)20-25(3)28-12-14-29(15-13-28)30-16-18-35(19-17-30)37(4,5)6/h10-11,16-19,21-22,28-29,34H,3,7-9,12-15,20,23-24H2,1-2,4-6H3. The van der Waals surface area contributed by atoms with Gasteiger partial charge in [-0.2, -0.15) is 0 Å². The van der Waals surface area contributed by atoms with Crippen LogP contribution in [0.15, 0.2) is 71.8 Å². The summed E-state index contributed by atoms with van der Waals surface area (Å²) < 4.78 is 0. The van der Waals surface area contributed by atoms with Crippen molar-refractivity contribution in [3.63, 3.8) is 0 Å². The topological polar surface area (TPSA) is 0 Å². The van der Waals surface area contributed by atoms with E-state index in [9.17, 15) is 0 Å². The Hall–Kier alpha value is -2.34. The van der Waals surface area contributed by atoms with E-state index in [0.717, 1.165) is 31.6 Å². The number of hydrogen-bond donors (Lipinski definition) is 0. The molecule has 0 bridgehead atoms. The van der Waals surface area contributed by atoms with Gasteiger partial charge in [0.1, 0.15) is 0 Å². The number of rotatable bonds is 7. The van der Waals surface area contributed by atoms with Crippen molar-refractivity contribution in [2.45, 2.75) is 110 Å². The van der Waals surface area contributed by atoms with Crippen LogP contribution in [0, 0.1) is 11.8 Å². The molecule has 1 saturated carbocycles. The minimum atomic E-state index is 0.230. The van der Waals surface area contributed by atoms with E-state index in [4.69, 9.17) is 0 Å². The number of benzene rings is 2. The van der Waals surface area contributed by atoms with Gasteiger partial charge in [-0.25, -0.2) is 0 Å². The zero-order chi connectivity index (χ0) is 26.2. The zero-order valence-corrected chi connectivity index (χ0v) is 24.1. The fourth-order valence-electron chi connectivity index (χ4n) is 7.31. The van der Waals surface area contributed by atoms with Crippen LogP contribution < -0.4 is 0 Å². The van der Waals surface area contributed by atoms with Gasteiger partial charge in [-0.3, -0.25) is 0 Å². The predicted molar refractivity (Wildman–Crippen MR) is 160 cm³/mol. The largest absolute Gasteiger partial charge is 0.0992 e. The third kappa shape index (κ3) is 5.59. The molecule has 3 aliphatic rings. The second-order valence-corrected chi connectivity index (χ2v) is 13.1. The monoisotopic (exact) mass is 492 g/mol. The van der Waals surface area contributed by atoms with Gasteiger partial charge in [0, 0.05) is 0 Å². The van der Waals surface area contributed by atoms with Gasteiger partial charge in [0.05, 0.1) is 0 Å². The average Bonchev–Trinajstić information content (AvgIpc) is 3.53. The minimum Gasteiger partial charge on any atom is -0.0992 e. The number of aryl methyl sites for hydroxylation is 2. The predicted octanol–water partition coefficient (Wildman–Crippen LogP) is 10.0. The summed E-state index contributed by atoms with van der Waals surface area (Å²) in [5.41, 5.74) is 14.3. The van der Waals surface area contributed by atoms with Crippen LogP contribution in [0.4, 0.5) is 0 Å². The van der Waals surface area contributed by atoms with Crippen LogP contribution >= 0.6 is 0 Å². The molecule has 3 aliphatic carbocycles. The summed E-state index contributed by atoms with van der Waals surface area (Å²) in [5, 5.41) is 0.